The number of benzene rings is 2. The van der Waals surface area contributed by atoms with E-state index < -0.39 is 5.82 Å². The van der Waals surface area contributed by atoms with Crippen LogP contribution in [0.15, 0.2) is 41.4 Å². The van der Waals surface area contributed by atoms with Crippen molar-refractivity contribution < 1.29 is 13.9 Å². The van der Waals surface area contributed by atoms with E-state index >= 15 is 0 Å². The number of hydrogen-bond acceptors (Lipinski definition) is 3. The van der Waals surface area contributed by atoms with Crippen LogP contribution in [0.5, 0.6) is 11.5 Å². The number of nitrogens with one attached hydrogen (secondary N) is 1. The van der Waals surface area contributed by atoms with Gasteiger partial charge in [-0.25, -0.2) is 9.38 Å². The highest BCUT2D eigenvalue weighted by molar-refractivity contribution is 6.30. The molecule has 0 bridgehead atoms. The van der Waals surface area contributed by atoms with E-state index in [1.807, 2.05) is 6.07 Å². The Balaban J connectivity index is 1.62. The molecule has 5 nitrogen and oxygen atoms in total. The SMILES string of the molecule is COc1ccc(OC)c(NC(N)=NC2CC(c3ccc(F)c(Cl)c3)C2)c1. The second kappa shape index (κ2) is 7.83. The molecule has 0 atom stereocenters. The summed E-state index contributed by atoms with van der Waals surface area (Å²) in [5.41, 5.74) is 7.75. The van der Waals surface area contributed by atoms with Crippen molar-refractivity contribution in [2.45, 2.75) is 24.8 Å². The van der Waals surface area contributed by atoms with E-state index in [9.17, 15) is 4.39 Å². The smallest absolute Gasteiger partial charge is 0.193 e. The highest BCUT2D eigenvalue weighted by Gasteiger charge is 2.30. The lowest BCUT2D eigenvalue weighted by atomic mass is 9.76. The minimum Gasteiger partial charge on any atom is -0.497 e. The van der Waals surface area contributed by atoms with E-state index in [0.29, 0.717) is 29.1 Å². The summed E-state index contributed by atoms with van der Waals surface area (Å²) < 4.78 is 23.8. The molecule has 2 aromatic carbocycles. The molecule has 0 heterocycles. The zero-order valence-electron chi connectivity index (χ0n) is 14.6. The zero-order chi connectivity index (χ0) is 18.7. The standard InChI is InChI=1S/C19H21ClFN3O2/c1-25-14-4-6-18(26-2)17(10-14)24-19(22)23-13-7-12(8-13)11-3-5-16(21)15(20)9-11/h3-6,9-10,12-13H,7-8H2,1-2H3,(H3,22,23,24). The quantitative estimate of drug-likeness (QED) is 0.606. The van der Waals surface area contributed by atoms with Gasteiger partial charge in [-0.3, -0.25) is 0 Å². The monoisotopic (exact) mass is 377 g/mol. The molecule has 7 heteroatoms. The second-order valence-electron chi connectivity index (χ2n) is 6.20. The van der Waals surface area contributed by atoms with Gasteiger partial charge in [0.05, 0.1) is 31.0 Å². The van der Waals surface area contributed by atoms with Gasteiger partial charge >= 0.3 is 0 Å². The number of rotatable bonds is 5. The molecule has 0 aliphatic heterocycles. The second-order valence-corrected chi connectivity index (χ2v) is 6.61. The largest absolute Gasteiger partial charge is 0.497 e. The number of hydrogen-bond donors (Lipinski definition) is 2. The summed E-state index contributed by atoms with van der Waals surface area (Å²) in [5.74, 6) is 1.58. The summed E-state index contributed by atoms with van der Waals surface area (Å²) in [6, 6.07) is 10.4. The van der Waals surface area contributed by atoms with Gasteiger partial charge in [0.25, 0.3) is 0 Å². The maximum atomic E-state index is 13.3. The molecule has 0 aromatic heterocycles. The number of nitrogens with two attached hydrogens (primary N) is 1. The van der Waals surface area contributed by atoms with Crippen molar-refractivity contribution in [2.75, 3.05) is 19.5 Å². The summed E-state index contributed by atoms with van der Waals surface area (Å²) in [7, 11) is 3.18. The first kappa shape index (κ1) is 18.3. The number of halogens is 2. The van der Waals surface area contributed by atoms with Crippen LogP contribution in [0.2, 0.25) is 5.02 Å². The van der Waals surface area contributed by atoms with Crippen LogP contribution in [-0.2, 0) is 0 Å². The Morgan fingerprint density at radius 3 is 2.62 bits per heavy atom. The van der Waals surface area contributed by atoms with Gasteiger partial charge in [-0.1, -0.05) is 17.7 Å². The zero-order valence-corrected chi connectivity index (χ0v) is 15.4. The molecule has 1 fully saturated rings. The molecular weight excluding hydrogens is 357 g/mol. The molecule has 3 N–H and O–H groups in total. The molecule has 0 radical (unpaired) electrons. The lowest BCUT2D eigenvalue weighted by molar-refractivity contribution is 0.353. The summed E-state index contributed by atoms with van der Waals surface area (Å²) in [6.45, 7) is 0. The summed E-state index contributed by atoms with van der Waals surface area (Å²) in [4.78, 5) is 4.50. The number of methoxy groups -OCH3 is 2. The minimum absolute atomic E-state index is 0.118. The van der Waals surface area contributed by atoms with Crippen molar-refractivity contribution in [3.63, 3.8) is 0 Å². The Hall–Kier alpha value is -2.47. The van der Waals surface area contributed by atoms with Gasteiger partial charge in [0.1, 0.15) is 17.3 Å². The van der Waals surface area contributed by atoms with Gasteiger partial charge in [-0.15, -0.1) is 0 Å². The number of nitrogens with zero attached hydrogens (tertiary/aromatic N) is 1. The molecule has 3 rings (SSSR count). The molecule has 0 saturated heterocycles. The van der Waals surface area contributed by atoms with Crippen molar-refractivity contribution >= 4 is 23.2 Å². The summed E-state index contributed by atoms with van der Waals surface area (Å²) >= 11 is 5.85. The minimum atomic E-state index is -0.398. The van der Waals surface area contributed by atoms with Gasteiger partial charge < -0.3 is 20.5 Å². The highest BCUT2D eigenvalue weighted by Crippen LogP contribution is 2.40. The molecule has 1 aliphatic rings. The van der Waals surface area contributed by atoms with E-state index in [0.717, 1.165) is 18.4 Å². The topological polar surface area (TPSA) is 68.9 Å². The fourth-order valence-corrected chi connectivity index (χ4v) is 3.20. The molecule has 26 heavy (non-hydrogen) atoms. The average Bonchev–Trinajstić information content (AvgIpc) is 2.60. The Bertz CT molecular complexity index is 822. The lowest BCUT2D eigenvalue weighted by Crippen LogP contribution is -2.31. The van der Waals surface area contributed by atoms with Crippen LogP contribution in [0.4, 0.5) is 10.1 Å². The first-order chi connectivity index (χ1) is 12.5. The van der Waals surface area contributed by atoms with Gasteiger partial charge in [0.2, 0.25) is 0 Å². The van der Waals surface area contributed by atoms with Crippen molar-refractivity contribution in [3.8, 4) is 11.5 Å². The molecule has 138 valence electrons. The number of anilines is 1. The molecule has 0 unspecified atom stereocenters. The first-order valence-electron chi connectivity index (χ1n) is 8.27. The Morgan fingerprint density at radius 2 is 1.96 bits per heavy atom. The normalized spacial score (nSPS) is 19.6. The van der Waals surface area contributed by atoms with Crippen LogP contribution >= 0.6 is 11.6 Å². The predicted octanol–water partition coefficient (Wildman–Crippen LogP) is 4.17. The van der Waals surface area contributed by atoms with E-state index in [2.05, 4.69) is 10.3 Å². The van der Waals surface area contributed by atoms with Crippen LogP contribution in [0.3, 0.4) is 0 Å². The number of aliphatic imine (C=N–C) groups is 1. The highest BCUT2D eigenvalue weighted by atomic mass is 35.5. The van der Waals surface area contributed by atoms with Crippen LogP contribution in [0.25, 0.3) is 0 Å². The molecular formula is C19H21ClFN3O2. The molecule has 0 amide bonds. The van der Waals surface area contributed by atoms with Gasteiger partial charge in [-0.2, -0.15) is 0 Å². The Labute approximate surface area is 157 Å². The van der Waals surface area contributed by atoms with Crippen molar-refractivity contribution in [1.82, 2.24) is 0 Å². The number of ether oxygens (including phenoxy) is 2. The maximum Gasteiger partial charge on any atom is 0.193 e. The molecule has 1 aliphatic carbocycles. The van der Waals surface area contributed by atoms with Crippen LogP contribution in [0, 0.1) is 5.82 Å². The summed E-state index contributed by atoms with van der Waals surface area (Å²) in [6.07, 6.45) is 1.69. The average molecular weight is 378 g/mol. The third-order valence-electron chi connectivity index (χ3n) is 4.52. The van der Waals surface area contributed by atoms with E-state index in [1.54, 1.807) is 38.5 Å². The van der Waals surface area contributed by atoms with Crippen molar-refractivity contribution in [1.29, 1.82) is 0 Å². The molecule has 0 spiro atoms. The summed E-state index contributed by atoms with van der Waals surface area (Å²) in [5, 5.41) is 3.21. The molecule has 1 saturated carbocycles. The lowest BCUT2D eigenvalue weighted by Gasteiger charge is -2.33. The van der Waals surface area contributed by atoms with E-state index in [4.69, 9.17) is 26.8 Å². The van der Waals surface area contributed by atoms with Crippen molar-refractivity contribution in [3.05, 3.63) is 52.8 Å². The Morgan fingerprint density at radius 1 is 1.19 bits per heavy atom. The molecule has 2 aromatic rings. The Kier molecular flexibility index (Phi) is 5.52. The fraction of sp³-hybridized carbons (Fsp3) is 0.316. The number of guanidine groups is 1. The van der Waals surface area contributed by atoms with Crippen molar-refractivity contribution in [2.24, 2.45) is 10.7 Å². The fourth-order valence-electron chi connectivity index (χ4n) is 3.01. The van der Waals surface area contributed by atoms with Crippen LogP contribution in [0.1, 0.15) is 24.3 Å². The predicted molar refractivity (Wildman–Crippen MR) is 102 cm³/mol. The van der Waals surface area contributed by atoms with Crippen LogP contribution < -0.4 is 20.5 Å². The third kappa shape index (κ3) is 4.02. The van der Waals surface area contributed by atoms with Gasteiger partial charge in [-0.05, 0) is 48.6 Å². The van der Waals surface area contributed by atoms with Crippen LogP contribution in [-0.4, -0.2) is 26.2 Å². The van der Waals surface area contributed by atoms with Gasteiger partial charge in [0.15, 0.2) is 5.96 Å². The van der Waals surface area contributed by atoms with Gasteiger partial charge in [0, 0.05) is 6.07 Å². The maximum absolute atomic E-state index is 13.3. The third-order valence-corrected chi connectivity index (χ3v) is 4.81. The van der Waals surface area contributed by atoms with E-state index in [-0.39, 0.29) is 11.1 Å². The first-order valence-corrected chi connectivity index (χ1v) is 8.65. The van der Waals surface area contributed by atoms with E-state index in [1.165, 1.54) is 6.07 Å².